The molecule has 1 aliphatic rings. The maximum atomic E-state index is 11.1. The van der Waals surface area contributed by atoms with Crippen LogP contribution in [0.2, 0.25) is 5.02 Å². The van der Waals surface area contributed by atoms with E-state index in [9.17, 15) is 15.2 Å². The molecule has 2 N–H and O–H groups in total. The Morgan fingerprint density at radius 2 is 2.33 bits per heavy atom. The second-order valence-corrected chi connectivity index (χ2v) is 6.46. The van der Waals surface area contributed by atoms with Crippen molar-refractivity contribution in [1.29, 1.82) is 0 Å². The Balaban J connectivity index is 2.14. The number of hydrogen-bond donors (Lipinski definition) is 2. The van der Waals surface area contributed by atoms with Gasteiger partial charge in [0, 0.05) is 28.7 Å². The highest BCUT2D eigenvalue weighted by Gasteiger charge is 2.34. The maximum Gasteiger partial charge on any atom is 0.273 e. The zero-order valence-corrected chi connectivity index (χ0v) is 12.9. The van der Waals surface area contributed by atoms with Gasteiger partial charge in [0.15, 0.2) is 0 Å². The van der Waals surface area contributed by atoms with Crippen molar-refractivity contribution in [3.63, 3.8) is 0 Å². The second-order valence-electron chi connectivity index (χ2n) is 6.02. The highest BCUT2D eigenvalue weighted by Crippen LogP contribution is 2.33. The Labute approximate surface area is 129 Å². The van der Waals surface area contributed by atoms with E-state index in [1.807, 2.05) is 0 Å². The van der Waals surface area contributed by atoms with Gasteiger partial charge in [-0.2, -0.15) is 0 Å². The Kier molecular flexibility index (Phi) is 5.19. The minimum absolute atomic E-state index is 0.0473. The molecular weight excluding hydrogens is 292 g/mol. The fourth-order valence-electron chi connectivity index (χ4n) is 3.18. The Hall–Kier alpha value is -1.17. The van der Waals surface area contributed by atoms with Gasteiger partial charge in [-0.3, -0.25) is 10.1 Å². The van der Waals surface area contributed by atoms with Crippen LogP contribution in [0.15, 0.2) is 18.2 Å². The van der Waals surface area contributed by atoms with Crippen LogP contribution < -0.4 is 5.32 Å². The summed E-state index contributed by atoms with van der Waals surface area (Å²) in [6, 6.07) is 4.56. The van der Waals surface area contributed by atoms with Crippen LogP contribution in [0.4, 0.5) is 5.69 Å². The lowest BCUT2D eigenvalue weighted by Gasteiger charge is -2.39. The molecule has 0 spiro atoms. The summed E-state index contributed by atoms with van der Waals surface area (Å²) in [6.45, 7) is 2.56. The van der Waals surface area contributed by atoms with Gasteiger partial charge < -0.3 is 10.4 Å². The van der Waals surface area contributed by atoms with Crippen molar-refractivity contribution in [1.82, 2.24) is 5.32 Å². The van der Waals surface area contributed by atoms with Crippen molar-refractivity contribution < 1.29 is 10.0 Å². The van der Waals surface area contributed by atoms with Crippen LogP contribution >= 0.6 is 11.6 Å². The monoisotopic (exact) mass is 312 g/mol. The predicted octanol–water partition coefficient (Wildman–Crippen LogP) is 3.28. The first-order chi connectivity index (χ1) is 9.96. The van der Waals surface area contributed by atoms with E-state index >= 15 is 0 Å². The maximum absolute atomic E-state index is 11.1. The van der Waals surface area contributed by atoms with E-state index in [0.29, 0.717) is 23.0 Å². The molecule has 0 radical (unpaired) electrons. The van der Waals surface area contributed by atoms with Gasteiger partial charge in [-0.15, -0.1) is 0 Å². The van der Waals surface area contributed by atoms with Crippen LogP contribution in [-0.4, -0.2) is 22.2 Å². The lowest BCUT2D eigenvalue weighted by molar-refractivity contribution is -0.385. The number of benzene rings is 1. The molecule has 1 fully saturated rings. The summed E-state index contributed by atoms with van der Waals surface area (Å²) in [6.07, 6.45) is 4.01. The van der Waals surface area contributed by atoms with Gasteiger partial charge in [-0.05, 0) is 30.9 Å². The zero-order chi connectivity index (χ0) is 15.5. The molecule has 2 rings (SSSR count). The van der Waals surface area contributed by atoms with Gasteiger partial charge in [-0.1, -0.05) is 31.4 Å². The molecule has 116 valence electrons. The lowest BCUT2D eigenvalue weighted by atomic mass is 9.76. The first-order valence-electron chi connectivity index (χ1n) is 7.24. The number of aliphatic hydroxyl groups is 1. The van der Waals surface area contributed by atoms with Crippen molar-refractivity contribution >= 4 is 17.3 Å². The molecule has 6 heteroatoms. The molecule has 1 aliphatic carbocycles. The van der Waals surface area contributed by atoms with Crippen LogP contribution in [0.1, 0.15) is 38.2 Å². The van der Waals surface area contributed by atoms with Gasteiger partial charge >= 0.3 is 0 Å². The third-order valence-corrected chi connectivity index (χ3v) is 4.52. The molecule has 2 atom stereocenters. The average Bonchev–Trinajstić information content (AvgIpc) is 2.45. The Bertz CT molecular complexity index is 524. The van der Waals surface area contributed by atoms with E-state index in [-0.39, 0.29) is 17.8 Å². The molecule has 1 saturated carbocycles. The highest BCUT2D eigenvalue weighted by molar-refractivity contribution is 6.30. The molecule has 0 aromatic heterocycles. The number of hydrogen-bond acceptors (Lipinski definition) is 4. The van der Waals surface area contributed by atoms with E-state index in [2.05, 4.69) is 12.2 Å². The Morgan fingerprint density at radius 3 is 2.95 bits per heavy atom. The van der Waals surface area contributed by atoms with Crippen molar-refractivity contribution in [2.24, 2.45) is 5.92 Å². The number of rotatable bonds is 5. The molecule has 5 nitrogen and oxygen atoms in total. The molecule has 0 amide bonds. The first-order valence-corrected chi connectivity index (χ1v) is 7.62. The minimum Gasteiger partial charge on any atom is -0.394 e. The van der Waals surface area contributed by atoms with Crippen molar-refractivity contribution in [2.45, 2.75) is 44.7 Å². The molecule has 2 unspecified atom stereocenters. The smallest absolute Gasteiger partial charge is 0.273 e. The molecule has 0 heterocycles. The minimum atomic E-state index is -0.400. The third kappa shape index (κ3) is 3.93. The van der Waals surface area contributed by atoms with E-state index in [0.717, 1.165) is 19.3 Å². The summed E-state index contributed by atoms with van der Waals surface area (Å²) < 4.78 is 0. The number of aliphatic hydroxyl groups excluding tert-OH is 1. The number of halogens is 1. The molecule has 1 aromatic carbocycles. The number of nitrogens with zero attached hydrogens (tertiary/aromatic N) is 1. The standard InChI is InChI=1S/C15H21ClN2O3/c1-11-3-2-6-15(8-11,10-19)17-9-12-7-13(16)4-5-14(12)18(20)21/h4-5,7,11,17,19H,2-3,6,8-10H2,1H3. The van der Waals surface area contributed by atoms with E-state index in [4.69, 9.17) is 11.6 Å². The van der Waals surface area contributed by atoms with Gasteiger partial charge in [0.2, 0.25) is 0 Å². The average molecular weight is 313 g/mol. The van der Waals surface area contributed by atoms with Gasteiger partial charge in [0.05, 0.1) is 11.5 Å². The molecule has 21 heavy (non-hydrogen) atoms. The largest absolute Gasteiger partial charge is 0.394 e. The van der Waals surface area contributed by atoms with Gasteiger partial charge in [-0.25, -0.2) is 0 Å². The van der Waals surface area contributed by atoms with Gasteiger partial charge in [0.1, 0.15) is 0 Å². The first kappa shape index (κ1) is 16.2. The molecule has 0 bridgehead atoms. The summed E-state index contributed by atoms with van der Waals surface area (Å²) in [4.78, 5) is 10.7. The topological polar surface area (TPSA) is 75.4 Å². The van der Waals surface area contributed by atoms with E-state index in [1.54, 1.807) is 6.07 Å². The summed E-state index contributed by atoms with van der Waals surface area (Å²) in [7, 11) is 0. The SMILES string of the molecule is CC1CCCC(CO)(NCc2cc(Cl)ccc2[N+](=O)[O-])C1. The molecule has 0 aliphatic heterocycles. The van der Waals surface area contributed by atoms with Crippen LogP contribution in [0.3, 0.4) is 0 Å². The van der Waals surface area contributed by atoms with Crippen LogP contribution in [0.25, 0.3) is 0 Å². The second kappa shape index (κ2) is 6.73. The number of nitrogens with one attached hydrogen (secondary N) is 1. The summed E-state index contributed by atoms with van der Waals surface area (Å²) in [5.41, 5.74) is 0.274. The van der Waals surface area contributed by atoms with Crippen molar-refractivity contribution in [3.8, 4) is 0 Å². The summed E-state index contributed by atoms with van der Waals surface area (Å²) in [5.74, 6) is 0.549. The van der Waals surface area contributed by atoms with E-state index < -0.39 is 4.92 Å². The van der Waals surface area contributed by atoms with Gasteiger partial charge in [0.25, 0.3) is 5.69 Å². The van der Waals surface area contributed by atoms with Crippen molar-refractivity contribution in [2.75, 3.05) is 6.61 Å². The molecule has 0 saturated heterocycles. The van der Waals surface area contributed by atoms with Crippen LogP contribution in [-0.2, 0) is 6.54 Å². The van der Waals surface area contributed by atoms with Crippen LogP contribution in [0.5, 0.6) is 0 Å². The summed E-state index contributed by atoms with van der Waals surface area (Å²) >= 11 is 5.94. The lowest BCUT2D eigenvalue weighted by Crippen LogP contribution is -2.51. The third-order valence-electron chi connectivity index (χ3n) is 4.29. The predicted molar refractivity (Wildman–Crippen MR) is 82.4 cm³/mol. The normalized spacial score (nSPS) is 25.8. The van der Waals surface area contributed by atoms with Crippen LogP contribution in [0, 0.1) is 16.0 Å². The van der Waals surface area contributed by atoms with Crippen molar-refractivity contribution in [3.05, 3.63) is 38.9 Å². The number of nitro benzene ring substituents is 1. The number of nitro groups is 1. The fraction of sp³-hybridized carbons (Fsp3) is 0.600. The molecule has 1 aromatic rings. The highest BCUT2D eigenvalue weighted by atomic mass is 35.5. The van der Waals surface area contributed by atoms with E-state index in [1.165, 1.54) is 18.6 Å². The summed E-state index contributed by atoms with van der Waals surface area (Å²) in [5, 5.41) is 24.6. The fourth-order valence-corrected chi connectivity index (χ4v) is 3.37. The Morgan fingerprint density at radius 1 is 1.57 bits per heavy atom. The molecular formula is C15H21ClN2O3. The zero-order valence-electron chi connectivity index (χ0n) is 12.1. The quantitative estimate of drug-likeness (QED) is 0.646.